The number of nitrogens with zero attached hydrogens (tertiary/aromatic N) is 1. The molecule has 1 heterocycles. The number of hydroxylamine groups is 2. The van der Waals surface area contributed by atoms with Gasteiger partial charge in [0.05, 0.1) is 12.5 Å². The molecule has 5 saturated carbocycles. The van der Waals surface area contributed by atoms with Gasteiger partial charge in [-0.25, -0.2) is 4.79 Å². The van der Waals surface area contributed by atoms with Gasteiger partial charge in [-0.3, -0.25) is 14.4 Å². The third-order valence-corrected chi connectivity index (χ3v) is 16.3. The highest BCUT2D eigenvalue weighted by Gasteiger charge is 2.72. The van der Waals surface area contributed by atoms with Crippen molar-refractivity contribution in [3.63, 3.8) is 0 Å². The summed E-state index contributed by atoms with van der Waals surface area (Å²) in [5.41, 5.74) is 0.162. The Morgan fingerprint density at radius 2 is 1.51 bits per heavy atom. The largest absolute Gasteiger partial charge is 0.481 e. The van der Waals surface area contributed by atoms with Crippen molar-refractivity contribution in [1.82, 2.24) is 5.06 Å². The summed E-state index contributed by atoms with van der Waals surface area (Å²) in [4.78, 5) is 43.4. The normalized spacial score (nSPS) is 48.8. The molecule has 288 valence electrons. The number of carbonyl (C=O) groups excluding carboxylic acids is 1. The lowest BCUT2D eigenvalue weighted by atomic mass is 9.32. The van der Waals surface area contributed by atoms with Crippen LogP contribution in [0.25, 0.3) is 0 Å². The van der Waals surface area contributed by atoms with Crippen molar-refractivity contribution in [2.24, 2.45) is 56.7 Å². The highest BCUT2D eigenvalue weighted by Crippen LogP contribution is 2.77. The Morgan fingerprint density at radius 1 is 0.824 bits per heavy atom. The summed E-state index contributed by atoms with van der Waals surface area (Å²) in [6, 6.07) is 0. The first-order chi connectivity index (χ1) is 23.7. The summed E-state index contributed by atoms with van der Waals surface area (Å²) >= 11 is 0. The van der Waals surface area contributed by atoms with Gasteiger partial charge in [0.1, 0.15) is 31.0 Å². The zero-order valence-electron chi connectivity index (χ0n) is 31.5. The molecule has 6 aliphatic rings. The molecule has 0 spiro atoms. The van der Waals surface area contributed by atoms with Crippen LogP contribution in [0.1, 0.15) is 106 Å². The summed E-state index contributed by atoms with van der Waals surface area (Å²) < 4.78 is 11.5. The Labute approximate surface area is 301 Å². The van der Waals surface area contributed by atoms with Crippen LogP contribution < -0.4 is 0 Å². The van der Waals surface area contributed by atoms with E-state index in [1.54, 1.807) is 0 Å². The Kier molecular flexibility index (Phi) is 9.88. The Hall–Kier alpha value is -2.09. The van der Waals surface area contributed by atoms with Gasteiger partial charge in [-0.2, -0.15) is 0 Å². The van der Waals surface area contributed by atoms with E-state index in [1.165, 1.54) is 7.11 Å². The van der Waals surface area contributed by atoms with Gasteiger partial charge in [0.2, 0.25) is 0 Å². The van der Waals surface area contributed by atoms with Crippen molar-refractivity contribution in [1.29, 1.82) is 0 Å². The fourth-order valence-electron chi connectivity index (χ4n) is 13.6. The van der Waals surface area contributed by atoms with Crippen molar-refractivity contribution in [2.75, 3.05) is 13.7 Å². The number of carboxylic acids is 2. The minimum absolute atomic E-state index is 0.000414. The molecule has 0 aromatic rings. The number of aliphatic hydroxyl groups is 3. The number of allylic oxidation sites excluding steroid dienone is 1. The number of fused-ring (bicyclic) bond motifs is 7. The van der Waals surface area contributed by atoms with Crippen LogP contribution in [0.4, 0.5) is 0 Å². The lowest BCUT2D eigenvalue weighted by molar-refractivity contribution is -0.321. The number of hydrogen-bond acceptors (Lipinski definition) is 10. The number of esters is 1. The van der Waals surface area contributed by atoms with E-state index in [0.717, 1.165) is 68.4 Å². The summed E-state index contributed by atoms with van der Waals surface area (Å²) in [5.74, 6) is -1.35. The maximum Gasteiger partial charge on any atom is 0.335 e. The second kappa shape index (κ2) is 13.0. The van der Waals surface area contributed by atoms with E-state index in [-0.39, 0.29) is 39.4 Å². The second-order valence-electron chi connectivity index (χ2n) is 18.5. The van der Waals surface area contributed by atoms with Crippen LogP contribution in [0.5, 0.6) is 0 Å². The summed E-state index contributed by atoms with van der Waals surface area (Å²) in [6.07, 6.45) is -0.214. The first-order valence-electron chi connectivity index (χ1n) is 19.0. The Bertz CT molecular complexity index is 1420. The molecule has 1 aliphatic heterocycles. The molecule has 0 radical (unpaired) electrons. The molecule has 6 fully saturated rings. The summed E-state index contributed by atoms with van der Waals surface area (Å²) in [5, 5.41) is 52.0. The van der Waals surface area contributed by atoms with E-state index in [1.807, 2.05) is 0 Å². The van der Waals surface area contributed by atoms with Crippen LogP contribution >= 0.6 is 0 Å². The van der Waals surface area contributed by atoms with Crippen molar-refractivity contribution in [3.05, 3.63) is 12.2 Å². The number of aliphatic hydroxyl groups excluding tert-OH is 3. The van der Waals surface area contributed by atoms with Crippen LogP contribution in [0.15, 0.2) is 12.2 Å². The summed E-state index contributed by atoms with van der Waals surface area (Å²) in [7, 11) is 1.24. The van der Waals surface area contributed by atoms with Gasteiger partial charge < -0.3 is 35.0 Å². The SMILES string of the molecule is C=C(C)[C@@H]1CC[C@]2(C(=O)O)CC[C@]3(C)[C@H](CC[C@@H]4[C@@]5(C)CC[C@H](OC(=O)CN(OC)C6O[C@H](C(=O)O)[C@H](O)[C@H](O)[C@H]6O)C(C)(C)[C@@H]5CC[C@]43C)[C@@H]12. The zero-order valence-corrected chi connectivity index (χ0v) is 31.5. The lowest BCUT2D eigenvalue weighted by Gasteiger charge is -2.72. The highest BCUT2D eigenvalue weighted by atomic mass is 16.7. The lowest BCUT2D eigenvalue weighted by Crippen LogP contribution is -2.67. The number of aliphatic carboxylic acids is 2. The topological polar surface area (TPSA) is 183 Å². The van der Waals surface area contributed by atoms with Gasteiger partial charge in [-0.05, 0) is 117 Å². The minimum atomic E-state index is -1.86. The maximum atomic E-state index is 13.5. The number of hydrogen-bond donors (Lipinski definition) is 5. The molecule has 15 atom stereocenters. The van der Waals surface area contributed by atoms with Crippen molar-refractivity contribution in [3.8, 4) is 0 Å². The van der Waals surface area contributed by atoms with Gasteiger partial charge in [-0.1, -0.05) is 46.8 Å². The Balaban J connectivity index is 1.19. The van der Waals surface area contributed by atoms with E-state index in [4.69, 9.17) is 14.3 Å². The smallest absolute Gasteiger partial charge is 0.335 e. The molecular formula is C39H61NO11. The third-order valence-electron chi connectivity index (χ3n) is 16.3. The predicted octanol–water partition coefficient (Wildman–Crippen LogP) is 4.40. The number of carbonyl (C=O) groups is 3. The van der Waals surface area contributed by atoms with Crippen molar-refractivity contribution in [2.45, 2.75) is 142 Å². The number of rotatable bonds is 8. The van der Waals surface area contributed by atoms with E-state index in [9.17, 15) is 39.9 Å². The fourth-order valence-corrected chi connectivity index (χ4v) is 13.6. The summed E-state index contributed by atoms with van der Waals surface area (Å²) in [6.45, 7) is 17.8. The molecule has 12 nitrogen and oxygen atoms in total. The van der Waals surface area contributed by atoms with E-state index >= 15 is 0 Å². The number of carboxylic acid groups (broad SMARTS) is 2. The van der Waals surface area contributed by atoms with Crippen LogP contribution in [0.3, 0.4) is 0 Å². The molecule has 5 aliphatic carbocycles. The van der Waals surface area contributed by atoms with Crippen molar-refractivity contribution >= 4 is 17.9 Å². The minimum Gasteiger partial charge on any atom is -0.481 e. The Morgan fingerprint density at radius 3 is 2.12 bits per heavy atom. The van der Waals surface area contributed by atoms with Gasteiger partial charge >= 0.3 is 17.9 Å². The second-order valence-corrected chi connectivity index (χ2v) is 18.5. The van der Waals surface area contributed by atoms with E-state index in [2.05, 4.69) is 48.1 Å². The molecule has 0 amide bonds. The molecular weight excluding hydrogens is 658 g/mol. The molecule has 1 saturated heterocycles. The highest BCUT2D eigenvalue weighted by molar-refractivity contribution is 5.76. The average Bonchev–Trinajstić information content (AvgIpc) is 3.46. The van der Waals surface area contributed by atoms with Crippen LogP contribution in [-0.2, 0) is 28.7 Å². The van der Waals surface area contributed by atoms with E-state index in [0.29, 0.717) is 18.3 Å². The fraction of sp³-hybridized carbons (Fsp3) is 0.872. The van der Waals surface area contributed by atoms with Gasteiger partial charge in [0.25, 0.3) is 0 Å². The predicted molar refractivity (Wildman–Crippen MR) is 185 cm³/mol. The maximum absolute atomic E-state index is 13.5. The first-order valence-corrected chi connectivity index (χ1v) is 19.0. The van der Waals surface area contributed by atoms with Crippen molar-refractivity contribution < 1.29 is 54.2 Å². The standard InChI is InChI=1S/C39H61NO11/c1-20(2)21-11-16-39(34(47)48)18-17-37(6)22(27(21)39)9-10-24-36(5)14-13-25(35(3,4)23(36)12-15-38(24,37)7)50-26(41)19-40(49-8)32-30(44)28(42)29(43)31(51-32)33(45)46/h21-25,27-32,42-44H,1,9-19H2,2-8H3,(H,45,46)(H,47,48)/t21-,22+,23-,24+,25-,27+,28-,29+,30+,31-,32?,36-,37+,38+,39-/m0/s1. The monoisotopic (exact) mass is 719 g/mol. The van der Waals surface area contributed by atoms with Crippen LogP contribution in [0.2, 0.25) is 0 Å². The van der Waals surface area contributed by atoms with Gasteiger partial charge in [0.15, 0.2) is 12.3 Å². The molecule has 0 aromatic heterocycles. The molecule has 1 unspecified atom stereocenters. The van der Waals surface area contributed by atoms with E-state index < -0.39 is 66.6 Å². The molecule has 51 heavy (non-hydrogen) atoms. The average molecular weight is 720 g/mol. The molecule has 12 heteroatoms. The first kappa shape index (κ1) is 38.6. The molecule has 5 N–H and O–H groups in total. The third kappa shape index (κ3) is 5.55. The molecule has 6 rings (SSSR count). The van der Waals surface area contributed by atoms with Gasteiger partial charge in [-0.15, -0.1) is 5.06 Å². The number of ether oxygens (including phenoxy) is 2. The molecule has 0 bridgehead atoms. The molecule has 0 aromatic carbocycles. The van der Waals surface area contributed by atoms with Crippen LogP contribution in [0, 0.1) is 56.7 Å². The van der Waals surface area contributed by atoms with Crippen LogP contribution in [-0.4, -0.2) is 98.9 Å². The zero-order chi connectivity index (χ0) is 37.6. The quantitative estimate of drug-likeness (QED) is 0.136. The van der Waals surface area contributed by atoms with Gasteiger partial charge in [0, 0.05) is 5.41 Å².